The normalized spacial score (nSPS) is 11.9. The van der Waals surface area contributed by atoms with Crippen molar-refractivity contribution in [1.82, 2.24) is 0 Å². The largest absolute Gasteiger partial charge is 0.491 e. The highest BCUT2D eigenvalue weighted by Crippen LogP contribution is 2.35. The van der Waals surface area contributed by atoms with E-state index in [2.05, 4.69) is 0 Å². The summed E-state index contributed by atoms with van der Waals surface area (Å²) in [6.07, 6.45) is 2.52. The summed E-state index contributed by atoms with van der Waals surface area (Å²) in [6.45, 7) is 4.66. The van der Waals surface area contributed by atoms with Crippen molar-refractivity contribution >= 4 is 30.6 Å². The van der Waals surface area contributed by atoms with Gasteiger partial charge in [0.1, 0.15) is 24.5 Å². The van der Waals surface area contributed by atoms with E-state index in [-0.39, 0.29) is 16.9 Å². The zero-order valence-electron chi connectivity index (χ0n) is 23.5. The fraction of sp³-hybridized carbons (Fsp3) is 0.171. The van der Waals surface area contributed by atoms with E-state index in [1.54, 1.807) is 31.4 Å². The number of benzene rings is 4. The first-order valence-corrected chi connectivity index (χ1v) is 13.3. The third-order valence-corrected chi connectivity index (χ3v) is 6.97. The number of halogens is 4. The second-order valence-electron chi connectivity index (χ2n) is 9.69. The van der Waals surface area contributed by atoms with Crippen molar-refractivity contribution in [2.24, 2.45) is 0 Å². The zero-order chi connectivity index (χ0) is 30.3. The van der Waals surface area contributed by atoms with Gasteiger partial charge in [-0.05, 0) is 83.1 Å². The van der Waals surface area contributed by atoms with E-state index < -0.39 is 11.7 Å². The quantitative estimate of drug-likeness (QED) is 0.0820. The van der Waals surface area contributed by atoms with Crippen LogP contribution in [-0.2, 0) is 10.9 Å². The third kappa shape index (κ3) is 7.22. The van der Waals surface area contributed by atoms with Crippen molar-refractivity contribution in [3.05, 3.63) is 123 Å². The van der Waals surface area contributed by atoms with Gasteiger partial charge in [0.25, 0.3) is 0 Å². The fourth-order valence-corrected chi connectivity index (χ4v) is 4.64. The molecule has 0 saturated heterocycles. The topological polar surface area (TPSA) is 35.5 Å². The van der Waals surface area contributed by atoms with Gasteiger partial charge in [-0.1, -0.05) is 66.8 Å². The predicted octanol–water partition coefficient (Wildman–Crippen LogP) is 9.31. The zero-order valence-corrected chi connectivity index (χ0v) is 23.5. The molecule has 0 bridgehead atoms. The van der Waals surface area contributed by atoms with Gasteiger partial charge in [0.2, 0.25) is 0 Å². The lowest BCUT2D eigenvalue weighted by atomic mass is 9.91. The van der Waals surface area contributed by atoms with Crippen LogP contribution in [-0.4, -0.2) is 26.6 Å². The van der Waals surface area contributed by atoms with Gasteiger partial charge in [0.15, 0.2) is 0 Å². The van der Waals surface area contributed by atoms with Crippen LogP contribution in [0.2, 0.25) is 0 Å². The second-order valence-corrected chi connectivity index (χ2v) is 9.69. The van der Waals surface area contributed by atoms with Crippen molar-refractivity contribution in [2.45, 2.75) is 20.0 Å². The van der Waals surface area contributed by atoms with Crippen LogP contribution in [0.15, 0.2) is 72.8 Å². The molecule has 4 aromatic rings. The highest BCUT2D eigenvalue weighted by atomic mass is 19.4. The molecule has 4 rings (SSSR count). The molecule has 0 saturated carbocycles. The molecule has 0 heterocycles. The Morgan fingerprint density at radius 2 is 1.31 bits per heavy atom. The summed E-state index contributed by atoms with van der Waals surface area (Å²) in [7, 11) is 1.58. The second kappa shape index (κ2) is 13.4. The molecule has 0 fully saturated rings. The molecule has 4 aromatic carbocycles. The van der Waals surface area contributed by atoms with E-state index in [9.17, 15) is 22.4 Å². The van der Waals surface area contributed by atoms with Crippen LogP contribution in [0.1, 0.15) is 49.3 Å². The van der Waals surface area contributed by atoms with Gasteiger partial charge in [0, 0.05) is 18.2 Å². The molecule has 0 amide bonds. The predicted molar refractivity (Wildman–Crippen MR) is 160 cm³/mol. The Morgan fingerprint density at radius 3 is 1.88 bits per heavy atom. The summed E-state index contributed by atoms with van der Waals surface area (Å²) in [5.74, 6) is 0.168. The van der Waals surface area contributed by atoms with Crippen molar-refractivity contribution in [1.29, 1.82) is 0 Å². The van der Waals surface area contributed by atoms with E-state index in [0.717, 1.165) is 45.5 Å². The van der Waals surface area contributed by atoms with Crippen LogP contribution < -0.4 is 4.74 Å². The van der Waals surface area contributed by atoms with Gasteiger partial charge < -0.3 is 9.47 Å². The number of alkyl halides is 3. The Balaban J connectivity index is 1.65. The number of carbonyl (C=O) groups excluding carboxylic acids is 1. The summed E-state index contributed by atoms with van der Waals surface area (Å²) in [4.78, 5) is 11.2. The first-order valence-electron chi connectivity index (χ1n) is 13.3. The molecule has 42 heavy (non-hydrogen) atoms. The molecule has 216 valence electrons. The van der Waals surface area contributed by atoms with Gasteiger partial charge in [-0.2, -0.15) is 13.2 Å². The van der Waals surface area contributed by atoms with E-state index in [1.165, 1.54) is 18.2 Å². The Hall–Kier alpha value is -4.49. The van der Waals surface area contributed by atoms with Crippen molar-refractivity contribution < 1.29 is 31.8 Å². The van der Waals surface area contributed by atoms with E-state index in [1.807, 2.05) is 56.3 Å². The highest BCUT2D eigenvalue weighted by Gasteiger charge is 2.32. The molecule has 3 nitrogen and oxygen atoms in total. The summed E-state index contributed by atoms with van der Waals surface area (Å²) in [5.41, 5.74) is 4.99. The number of aldehydes is 1. The Labute approximate surface area is 242 Å². The summed E-state index contributed by atoms with van der Waals surface area (Å²) in [5, 5.41) is 0. The van der Waals surface area contributed by atoms with Crippen LogP contribution >= 0.6 is 0 Å². The minimum atomic E-state index is -4.55. The van der Waals surface area contributed by atoms with Crippen LogP contribution in [0.25, 0.3) is 35.4 Å². The van der Waals surface area contributed by atoms with Gasteiger partial charge in [-0.15, -0.1) is 0 Å². The molecular formula is C35H30F4O3. The lowest BCUT2D eigenvalue weighted by Gasteiger charge is -2.14. The van der Waals surface area contributed by atoms with E-state index in [0.29, 0.717) is 30.8 Å². The summed E-state index contributed by atoms with van der Waals surface area (Å²) in [6, 6.07) is 19.3. The molecule has 0 aliphatic carbocycles. The Morgan fingerprint density at radius 1 is 0.714 bits per heavy atom. The number of methoxy groups -OCH3 is 1. The molecule has 0 unspecified atom stereocenters. The van der Waals surface area contributed by atoms with Crippen LogP contribution in [0, 0.1) is 19.7 Å². The molecule has 0 radical (unpaired) electrons. The molecule has 0 spiro atoms. The van der Waals surface area contributed by atoms with E-state index >= 15 is 0 Å². The Kier molecular flexibility index (Phi) is 9.76. The lowest BCUT2D eigenvalue weighted by molar-refractivity contribution is -0.137. The van der Waals surface area contributed by atoms with Gasteiger partial charge >= 0.3 is 6.18 Å². The number of hydrogen-bond donors (Lipinski definition) is 0. The fourth-order valence-electron chi connectivity index (χ4n) is 4.64. The summed E-state index contributed by atoms with van der Waals surface area (Å²) < 4.78 is 65.8. The highest BCUT2D eigenvalue weighted by molar-refractivity contribution is 5.83. The van der Waals surface area contributed by atoms with Gasteiger partial charge in [-0.3, -0.25) is 4.79 Å². The van der Waals surface area contributed by atoms with Gasteiger partial charge in [0.05, 0.1) is 12.2 Å². The minimum Gasteiger partial charge on any atom is -0.491 e. The first-order chi connectivity index (χ1) is 20.1. The molecular weight excluding hydrogens is 544 g/mol. The Bertz CT molecular complexity index is 1630. The maximum Gasteiger partial charge on any atom is 0.416 e. The van der Waals surface area contributed by atoms with Crippen molar-refractivity contribution in [3.8, 4) is 16.9 Å². The number of carbonyl (C=O) groups is 1. The lowest BCUT2D eigenvalue weighted by Crippen LogP contribution is -2.07. The first kappa shape index (κ1) is 30.5. The maximum absolute atomic E-state index is 14.5. The van der Waals surface area contributed by atoms with Crippen LogP contribution in [0.3, 0.4) is 0 Å². The molecule has 0 aliphatic heterocycles. The van der Waals surface area contributed by atoms with Crippen LogP contribution in [0.4, 0.5) is 17.6 Å². The number of ether oxygens (including phenoxy) is 2. The molecule has 0 atom stereocenters. The third-order valence-electron chi connectivity index (χ3n) is 6.97. The number of rotatable bonds is 10. The van der Waals surface area contributed by atoms with Crippen LogP contribution in [0.5, 0.6) is 5.75 Å². The molecule has 0 N–H and O–H groups in total. The van der Waals surface area contributed by atoms with Crippen molar-refractivity contribution in [3.63, 3.8) is 0 Å². The average Bonchev–Trinajstić information content (AvgIpc) is 2.97. The monoisotopic (exact) mass is 574 g/mol. The molecule has 7 heteroatoms. The van der Waals surface area contributed by atoms with E-state index in [4.69, 9.17) is 9.47 Å². The van der Waals surface area contributed by atoms with Gasteiger partial charge in [-0.25, -0.2) is 4.39 Å². The average molecular weight is 575 g/mol. The van der Waals surface area contributed by atoms with Crippen molar-refractivity contribution in [2.75, 3.05) is 20.3 Å². The molecule has 0 aromatic heterocycles. The summed E-state index contributed by atoms with van der Waals surface area (Å²) >= 11 is 0. The minimum absolute atomic E-state index is 0.0828. The number of hydrogen-bond acceptors (Lipinski definition) is 3. The SMILES string of the molecule is COCCOc1ccc(F)c(/C=C/c2cccc(-c3cccc(/C=C/c4cc(C=O)ccc4C(F)(F)F)c3C)c2C)c1. The smallest absolute Gasteiger partial charge is 0.416 e. The maximum atomic E-state index is 14.5. The standard InChI is InChI=1S/C35H30F4O3/c1-23-26(11-13-28-20-25(22-40)10-16-33(28)35(37,38)39)6-4-8-31(23)32-9-5-7-27(24(32)2)12-14-29-21-30(15-17-34(29)36)42-19-18-41-3/h4-17,20-22H,18-19H2,1-3H3/b13-11+,14-12+. The molecule has 0 aliphatic rings.